The Morgan fingerprint density at radius 1 is 1.15 bits per heavy atom. The first-order valence-corrected chi connectivity index (χ1v) is 6.98. The molecule has 0 atom stereocenters. The highest BCUT2D eigenvalue weighted by Crippen LogP contribution is 2.14. The van der Waals surface area contributed by atoms with Gasteiger partial charge in [0.05, 0.1) is 0 Å². The third-order valence-corrected chi connectivity index (χ3v) is 3.53. The SMILES string of the molecule is CCC(=O)N1CCCN(C(=O)c2cccc(O)c2)CC1. The molecule has 0 radical (unpaired) electrons. The molecule has 2 amide bonds. The Labute approximate surface area is 118 Å². The molecule has 5 heteroatoms. The number of phenols is 1. The molecule has 1 fully saturated rings. The van der Waals surface area contributed by atoms with Gasteiger partial charge in [0.1, 0.15) is 5.75 Å². The monoisotopic (exact) mass is 276 g/mol. The van der Waals surface area contributed by atoms with Crippen molar-refractivity contribution in [2.24, 2.45) is 0 Å². The van der Waals surface area contributed by atoms with Crippen LogP contribution in [0.2, 0.25) is 0 Å². The Morgan fingerprint density at radius 3 is 2.55 bits per heavy atom. The van der Waals surface area contributed by atoms with Crippen LogP contribution >= 0.6 is 0 Å². The maximum atomic E-state index is 12.4. The van der Waals surface area contributed by atoms with Crippen LogP contribution in [0.25, 0.3) is 0 Å². The van der Waals surface area contributed by atoms with Crippen molar-refractivity contribution < 1.29 is 14.7 Å². The summed E-state index contributed by atoms with van der Waals surface area (Å²) in [4.78, 5) is 27.6. The summed E-state index contributed by atoms with van der Waals surface area (Å²) in [7, 11) is 0. The molecule has 0 bridgehead atoms. The highest BCUT2D eigenvalue weighted by Gasteiger charge is 2.22. The van der Waals surface area contributed by atoms with E-state index in [0.717, 1.165) is 6.42 Å². The maximum Gasteiger partial charge on any atom is 0.254 e. The Balaban J connectivity index is 2.03. The quantitative estimate of drug-likeness (QED) is 0.890. The summed E-state index contributed by atoms with van der Waals surface area (Å²) in [6.07, 6.45) is 1.29. The molecule has 1 aromatic carbocycles. The fourth-order valence-corrected chi connectivity index (χ4v) is 2.42. The van der Waals surface area contributed by atoms with Gasteiger partial charge in [0.15, 0.2) is 0 Å². The molecule has 1 heterocycles. The fourth-order valence-electron chi connectivity index (χ4n) is 2.42. The maximum absolute atomic E-state index is 12.4. The highest BCUT2D eigenvalue weighted by atomic mass is 16.3. The molecule has 1 saturated heterocycles. The summed E-state index contributed by atoms with van der Waals surface area (Å²) in [6.45, 7) is 4.32. The molecular weight excluding hydrogens is 256 g/mol. The number of hydrogen-bond donors (Lipinski definition) is 1. The van der Waals surface area contributed by atoms with Crippen molar-refractivity contribution in [3.8, 4) is 5.75 Å². The lowest BCUT2D eigenvalue weighted by Gasteiger charge is -2.22. The van der Waals surface area contributed by atoms with Gasteiger partial charge in [-0.2, -0.15) is 0 Å². The van der Waals surface area contributed by atoms with E-state index in [1.54, 1.807) is 23.1 Å². The summed E-state index contributed by atoms with van der Waals surface area (Å²) in [5.74, 6) is 0.136. The topological polar surface area (TPSA) is 60.9 Å². The third kappa shape index (κ3) is 3.29. The van der Waals surface area contributed by atoms with E-state index in [0.29, 0.717) is 38.2 Å². The lowest BCUT2D eigenvalue weighted by molar-refractivity contribution is -0.130. The number of aromatic hydroxyl groups is 1. The minimum Gasteiger partial charge on any atom is -0.508 e. The molecule has 2 rings (SSSR count). The zero-order chi connectivity index (χ0) is 14.5. The van der Waals surface area contributed by atoms with Crippen LogP contribution in [0, 0.1) is 0 Å². The van der Waals surface area contributed by atoms with Gasteiger partial charge < -0.3 is 14.9 Å². The van der Waals surface area contributed by atoms with Crippen LogP contribution < -0.4 is 0 Å². The van der Waals surface area contributed by atoms with Crippen molar-refractivity contribution in [1.82, 2.24) is 9.80 Å². The van der Waals surface area contributed by atoms with Gasteiger partial charge in [0.25, 0.3) is 5.91 Å². The average molecular weight is 276 g/mol. The van der Waals surface area contributed by atoms with Gasteiger partial charge in [-0.3, -0.25) is 9.59 Å². The van der Waals surface area contributed by atoms with Crippen molar-refractivity contribution >= 4 is 11.8 Å². The van der Waals surface area contributed by atoms with Crippen LogP contribution in [0.3, 0.4) is 0 Å². The standard InChI is InChI=1S/C15H20N2O3/c1-2-14(19)16-7-4-8-17(10-9-16)15(20)12-5-3-6-13(18)11-12/h3,5-6,11,18H,2,4,7-10H2,1H3. The van der Waals surface area contributed by atoms with Gasteiger partial charge in [-0.05, 0) is 24.6 Å². The summed E-state index contributed by atoms with van der Waals surface area (Å²) < 4.78 is 0. The second kappa shape index (κ2) is 6.41. The lowest BCUT2D eigenvalue weighted by Crippen LogP contribution is -2.37. The highest BCUT2D eigenvalue weighted by molar-refractivity contribution is 5.94. The van der Waals surface area contributed by atoms with Gasteiger partial charge in [-0.25, -0.2) is 0 Å². The van der Waals surface area contributed by atoms with Gasteiger partial charge in [0, 0.05) is 38.2 Å². The van der Waals surface area contributed by atoms with Crippen LogP contribution in [0.4, 0.5) is 0 Å². The molecule has 1 aliphatic heterocycles. The molecule has 0 unspecified atom stereocenters. The zero-order valence-corrected chi connectivity index (χ0v) is 11.7. The average Bonchev–Trinajstić information content (AvgIpc) is 2.71. The van der Waals surface area contributed by atoms with Crippen LogP contribution in [0.15, 0.2) is 24.3 Å². The van der Waals surface area contributed by atoms with E-state index < -0.39 is 0 Å². The van der Waals surface area contributed by atoms with E-state index in [2.05, 4.69) is 0 Å². The van der Waals surface area contributed by atoms with E-state index in [1.165, 1.54) is 6.07 Å². The van der Waals surface area contributed by atoms with E-state index in [1.807, 2.05) is 11.8 Å². The van der Waals surface area contributed by atoms with E-state index in [-0.39, 0.29) is 17.6 Å². The molecule has 1 aromatic rings. The van der Waals surface area contributed by atoms with Gasteiger partial charge >= 0.3 is 0 Å². The second-order valence-corrected chi connectivity index (χ2v) is 4.93. The van der Waals surface area contributed by atoms with Gasteiger partial charge in [0.2, 0.25) is 5.91 Å². The molecule has 20 heavy (non-hydrogen) atoms. The summed E-state index contributed by atoms with van der Waals surface area (Å²) in [6, 6.07) is 6.37. The number of nitrogens with zero attached hydrogens (tertiary/aromatic N) is 2. The smallest absolute Gasteiger partial charge is 0.254 e. The molecule has 0 aliphatic carbocycles. The Kier molecular flexibility index (Phi) is 4.61. The van der Waals surface area contributed by atoms with Crippen LogP contribution in [-0.2, 0) is 4.79 Å². The van der Waals surface area contributed by atoms with E-state index in [9.17, 15) is 14.7 Å². The number of carbonyl (C=O) groups excluding carboxylic acids is 2. The number of carbonyl (C=O) groups is 2. The minimum atomic E-state index is -0.0910. The third-order valence-electron chi connectivity index (χ3n) is 3.53. The second-order valence-electron chi connectivity index (χ2n) is 4.93. The molecule has 1 aliphatic rings. The molecule has 5 nitrogen and oxygen atoms in total. The normalized spacial score (nSPS) is 15.8. The first-order valence-electron chi connectivity index (χ1n) is 6.98. The van der Waals surface area contributed by atoms with Crippen molar-refractivity contribution in [3.63, 3.8) is 0 Å². The van der Waals surface area contributed by atoms with Crippen LogP contribution in [0.5, 0.6) is 5.75 Å². The fraction of sp³-hybridized carbons (Fsp3) is 0.467. The number of rotatable bonds is 2. The van der Waals surface area contributed by atoms with Crippen molar-refractivity contribution in [2.75, 3.05) is 26.2 Å². The molecule has 108 valence electrons. The lowest BCUT2D eigenvalue weighted by atomic mass is 10.2. The predicted octanol–water partition coefficient (Wildman–Crippen LogP) is 1.48. The Bertz CT molecular complexity index is 502. The first-order chi connectivity index (χ1) is 9.61. The Hall–Kier alpha value is -2.04. The largest absolute Gasteiger partial charge is 0.508 e. The van der Waals surface area contributed by atoms with Gasteiger partial charge in [-0.1, -0.05) is 13.0 Å². The predicted molar refractivity (Wildman–Crippen MR) is 75.5 cm³/mol. The number of phenolic OH excluding ortho intramolecular Hbond substituents is 1. The summed E-state index contributed by atoms with van der Waals surface area (Å²) >= 11 is 0. The number of benzene rings is 1. The van der Waals surface area contributed by atoms with Crippen LogP contribution in [-0.4, -0.2) is 52.9 Å². The summed E-state index contributed by atoms with van der Waals surface area (Å²) in [5.41, 5.74) is 0.486. The van der Waals surface area contributed by atoms with Crippen LogP contribution in [0.1, 0.15) is 30.1 Å². The van der Waals surface area contributed by atoms with Crippen molar-refractivity contribution in [2.45, 2.75) is 19.8 Å². The Morgan fingerprint density at radius 2 is 1.85 bits per heavy atom. The molecule has 0 spiro atoms. The number of hydrogen-bond acceptors (Lipinski definition) is 3. The zero-order valence-electron chi connectivity index (χ0n) is 11.7. The number of amides is 2. The van der Waals surface area contributed by atoms with Crippen molar-refractivity contribution in [3.05, 3.63) is 29.8 Å². The molecule has 0 saturated carbocycles. The minimum absolute atomic E-state index is 0.0910. The van der Waals surface area contributed by atoms with E-state index >= 15 is 0 Å². The van der Waals surface area contributed by atoms with E-state index in [4.69, 9.17) is 0 Å². The molecule has 1 N–H and O–H groups in total. The molecule has 0 aromatic heterocycles. The summed E-state index contributed by atoms with van der Waals surface area (Å²) in [5, 5.41) is 9.44. The van der Waals surface area contributed by atoms with Gasteiger partial charge in [-0.15, -0.1) is 0 Å². The van der Waals surface area contributed by atoms with Crippen molar-refractivity contribution in [1.29, 1.82) is 0 Å². The molecular formula is C15H20N2O3. The first kappa shape index (κ1) is 14.4.